The quantitative estimate of drug-likeness (QED) is 0.197. The molecule has 2 saturated heterocycles. The van der Waals surface area contributed by atoms with E-state index in [9.17, 15) is 39.9 Å². The Balaban J connectivity index is 1.53. The van der Waals surface area contributed by atoms with Gasteiger partial charge >= 0.3 is 17.9 Å². The second-order valence-electron chi connectivity index (χ2n) is 11.7. The monoisotopic (exact) mass is 568 g/mol. The van der Waals surface area contributed by atoms with Crippen LogP contribution in [0.3, 0.4) is 0 Å². The number of hydrogen-bond acceptors (Lipinski definition) is 13. The summed E-state index contributed by atoms with van der Waals surface area (Å²) in [4.78, 5) is 39.0. The van der Waals surface area contributed by atoms with E-state index in [4.69, 9.17) is 23.7 Å². The smallest absolute Gasteiger partial charge is 0.340 e. The number of aliphatic hydroxyl groups excluding tert-OH is 5. The predicted molar refractivity (Wildman–Crippen MR) is 130 cm³/mol. The third-order valence-electron chi connectivity index (χ3n) is 9.67. The van der Waals surface area contributed by atoms with Gasteiger partial charge in [0.15, 0.2) is 6.29 Å². The first-order valence-electron chi connectivity index (χ1n) is 13.4. The molecule has 3 heterocycles. The Bertz CT molecular complexity index is 1120. The fraction of sp³-hybridized carbons (Fsp3) is 0.741. The van der Waals surface area contributed by atoms with Gasteiger partial charge < -0.3 is 49.2 Å². The van der Waals surface area contributed by atoms with Crippen molar-refractivity contribution < 1.29 is 63.6 Å². The summed E-state index contributed by atoms with van der Waals surface area (Å²) in [6, 6.07) is 0. The number of aliphatic hydroxyl groups is 5. The summed E-state index contributed by atoms with van der Waals surface area (Å²) in [5.74, 6) is -3.07. The molecule has 0 radical (unpaired) electrons. The normalized spacial score (nSPS) is 46.8. The number of rotatable bonds is 5. The Hall–Kier alpha value is -2.39. The fourth-order valence-electron chi connectivity index (χ4n) is 7.60. The Morgan fingerprint density at radius 3 is 2.45 bits per heavy atom. The minimum Gasteiger partial charge on any atom is -0.466 e. The lowest BCUT2D eigenvalue weighted by Gasteiger charge is -2.62. The molecule has 3 aliphatic heterocycles. The van der Waals surface area contributed by atoms with Crippen molar-refractivity contribution in [2.24, 2.45) is 22.7 Å². The van der Waals surface area contributed by atoms with Gasteiger partial charge in [-0.3, -0.25) is 4.79 Å². The number of cyclic esters (lactones) is 2. The predicted octanol–water partition coefficient (Wildman–Crippen LogP) is -1.17. The molecule has 40 heavy (non-hydrogen) atoms. The van der Waals surface area contributed by atoms with E-state index in [1.807, 2.05) is 13.8 Å². The van der Waals surface area contributed by atoms with Gasteiger partial charge in [-0.2, -0.15) is 0 Å². The summed E-state index contributed by atoms with van der Waals surface area (Å²) in [6.45, 7) is 3.08. The van der Waals surface area contributed by atoms with Gasteiger partial charge in [0.25, 0.3) is 0 Å². The standard InChI is InChI=1S/C27H36O13/c1-26-9-14(11-7-18(29)40-22(11)33)37-24(35)13(26)8-17(27(2)12(23(34)36-3)5-4-6-16(26)27)39-25-21(32)20(31)19(30)15(10-28)38-25/h5,7,13-21,25,28-32H,4,6,8-10H2,1-3H3. The van der Waals surface area contributed by atoms with Gasteiger partial charge in [-0.05, 0) is 43.1 Å². The molecule has 12 unspecified atom stereocenters. The molecule has 12 atom stereocenters. The highest BCUT2D eigenvalue weighted by Gasteiger charge is 2.66. The van der Waals surface area contributed by atoms with Gasteiger partial charge in [0.1, 0.15) is 30.5 Å². The highest BCUT2D eigenvalue weighted by molar-refractivity contribution is 5.93. The van der Waals surface area contributed by atoms with Crippen LogP contribution in [0.4, 0.5) is 0 Å². The maximum absolute atomic E-state index is 13.5. The van der Waals surface area contributed by atoms with Crippen LogP contribution in [0.2, 0.25) is 0 Å². The topological polar surface area (TPSA) is 199 Å². The van der Waals surface area contributed by atoms with Crippen LogP contribution in [0.25, 0.3) is 0 Å². The average Bonchev–Trinajstić information content (AvgIpc) is 3.26. The van der Waals surface area contributed by atoms with Crippen molar-refractivity contribution in [1.82, 2.24) is 0 Å². The number of carbonyl (C=O) groups is 3. The van der Waals surface area contributed by atoms with Crippen LogP contribution in [0, 0.1) is 22.7 Å². The third kappa shape index (κ3) is 4.39. The van der Waals surface area contributed by atoms with Crippen molar-refractivity contribution in [2.75, 3.05) is 13.7 Å². The SMILES string of the molecule is COC(=O)C1=CCCC2C3(C)CC(C4=CC(O)OC4=O)OC(=O)C3CC(OC3OC(CO)C(O)C(O)C3O)C12C. The van der Waals surface area contributed by atoms with E-state index >= 15 is 0 Å². The van der Waals surface area contributed by atoms with E-state index in [-0.39, 0.29) is 24.3 Å². The molecule has 0 aromatic heterocycles. The number of allylic oxidation sites excluding steroid dienone is 1. The summed E-state index contributed by atoms with van der Waals surface area (Å²) >= 11 is 0. The first-order valence-corrected chi connectivity index (χ1v) is 13.4. The van der Waals surface area contributed by atoms with Crippen molar-refractivity contribution in [3.05, 3.63) is 23.3 Å². The van der Waals surface area contributed by atoms with Gasteiger partial charge in [0, 0.05) is 11.0 Å². The average molecular weight is 569 g/mol. The second-order valence-corrected chi connectivity index (χ2v) is 11.7. The molecule has 5 aliphatic rings. The van der Waals surface area contributed by atoms with Crippen molar-refractivity contribution in [3.63, 3.8) is 0 Å². The Morgan fingerprint density at radius 2 is 1.82 bits per heavy atom. The molecular weight excluding hydrogens is 532 g/mol. The first kappa shape index (κ1) is 29.1. The van der Waals surface area contributed by atoms with Gasteiger partial charge in [0.05, 0.1) is 31.3 Å². The zero-order chi connectivity index (χ0) is 29.1. The van der Waals surface area contributed by atoms with Crippen molar-refractivity contribution in [1.29, 1.82) is 0 Å². The highest BCUT2D eigenvalue weighted by atomic mass is 16.7. The molecule has 222 valence electrons. The van der Waals surface area contributed by atoms with Crippen LogP contribution in [-0.4, -0.2) is 106 Å². The molecule has 2 aliphatic carbocycles. The van der Waals surface area contributed by atoms with Gasteiger partial charge in [-0.25, -0.2) is 9.59 Å². The Kier molecular flexibility index (Phi) is 7.62. The lowest BCUT2D eigenvalue weighted by Crippen LogP contribution is -2.65. The van der Waals surface area contributed by atoms with E-state index in [1.165, 1.54) is 13.2 Å². The van der Waals surface area contributed by atoms with Gasteiger partial charge in [-0.1, -0.05) is 19.9 Å². The molecule has 0 aromatic rings. The van der Waals surface area contributed by atoms with Crippen LogP contribution >= 0.6 is 0 Å². The summed E-state index contributed by atoms with van der Waals surface area (Å²) in [5.41, 5.74) is -1.50. The van der Waals surface area contributed by atoms with E-state index in [0.29, 0.717) is 18.4 Å². The summed E-state index contributed by atoms with van der Waals surface area (Å²) in [7, 11) is 1.26. The molecule has 0 spiro atoms. The van der Waals surface area contributed by atoms with Gasteiger partial charge in [-0.15, -0.1) is 0 Å². The molecule has 1 saturated carbocycles. The zero-order valence-electron chi connectivity index (χ0n) is 22.5. The van der Waals surface area contributed by atoms with Crippen molar-refractivity contribution in [2.45, 2.75) is 88.7 Å². The largest absolute Gasteiger partial charge is 0.466 e. The van der Waals surface area contributed by atoms with Crippen LogP contribution in [-0.2, 0) is 38.1 Å². The fourth-order valence-corrected chi connectivity index (χ4v) is 7.60. The minimum absolute atomic E-state index is 0.0323. The Labute approximate surface area is 230 Å². The molecule has 5 N–H and O–H groups in total. The lowest BCUT2D eigenvalue weighted by molar-refractivity contribution is -0.328. The zero-order valence-corrected chi connectivity index (χ0v) is 22.5. The maximum atomic E-state index is 13.5. The molecule has 0 aromatic carbocycles. The van der Waals surface area contributed by atoms with Crippen molar-refractivity contribution >= 4 is 17.9 Å². The number of esters is 3. The number of ether oxygens (including phenoxy) is 5. The summed E-state index contributed by atoms with van der Waals surface area (Å²) in [5, 5.41) is 50.6. The number of methoxy groups -OCH3 is 1. The maximum Gasteiger partial charge on any atom is 0.340 e. The van der Waals surface area contributed by atoms with Crippen LogP contribution in [0.5, 0.6) is 0 Å². The second kappa shape index (κ2) is 10.5. The summed E-state index contributed by atoms with van der Waals surface area (Å²) in [6.07, 6.45) is -6.67. The Morgan fingerprint density at radius 1 is 1.10 bits per heavy atom. The van der Waals surface area contributed by atoms with Crippen LogP contribution < -0.4 is 0 Å². The molecule has 13 heteroatoms. The minimum atomic E-state index is -1.68. The van der Waals surface area contributed by atoms with Crippen LogP contribution in [0.15, 0.2) is 23.3 Å². The molecule has 5 rings (SSSR count). The molecule has 3 fully saturated rings. The highest BCUT2D eigenvalue weighted by Crippen LogP contribution is 2.65. The summed E-state index contributed by atoms with van der Waals surface area (Å²) < 4.78 is 27.5. The first-order chi connectivity index (χ1) is 18.9. The molecule has 13 nitrogen and oxygen atoms in total. The van der Waals surface area contributed by atoms with E-state index < -0.39 is 90.5 Å². The number of fused-ring (bicyclic) bond motifs is 3. The number of hydrogen-bond donors (Lipinski definition) is 5. The van der Waals surface area contributed by atoms with E-state index in [2.05, 4.69) is 0 Å². The molecular formula is C27H36O13. The van der Waals surface area contributed by atoms with E-state index in [0.717, 1.165) is 0 Å². The third-order valence-corrected chi connectivity index (χ3v) is 9.67. The molecule has 0 bridgehead atoms. The van der Waals surface area contributed by atoms with Crippen LogP contribution in [0.1, 0.15) is 39.5 Å². The van der Waals surface area contributed by atoms with Gasteiger partial charge in [0.2, 0.25) is 6.29 Å². The molecule has 0 amide bonds. The lowest BCUT2D eigenvalue weighted by atomic mass is 9.44. The number of carbonyl (C=O) groups excluding carboxylic acids is 3. The van der Waals surface area contributed by atoms with E-state index in [1.54, 1.807) is 6.08 Å². The van der Waals surface area contributed by atoms with Crippen molar-refractivity contribution in [3.8, 4) is 0 Å².